The summed E-state index contributed by atoms with van der Waals surface area (Å²) in [6, 6.07) is 25.1. The molecule has 0 aliphatic heterocycles. The van der Waals surface area contributed by atoms with Gasteiger partial charge in [-0.1, -0.05) is 36.5 Å². The van der Waals surface area contributed by atoms with Crippen molar-refractivity contribution in [3.05, 3.63) is 112 Å². The Bertz CT molecular complexity index is 1360. The number of nitro benzene ring substituents is 1. The monoisotopic (exact) mass is 442 g/mol. The van der Waals surface area contributed by atoms with Crippen molar-refractivity contribution in [3.8, 4) is 0 Å². The molecule has 0 radical (unpaired) electrons. The molecule has 0 amide bonds. The lowest BCUT2D eigenvalue weighted by Gasteiger charge is -2.12. The largest absolute Gasteiger partial charge is 0.502 e. The van der Waals surface area contributed by atoms with Crippen LogP contribution in [-0.4, -0.2) is 15.0 Å². The van der Waals surface area contributed by atoms with Gasteiger partial charge in [0.25, 0.3) is 11.4 Å². The first-order valence-corrected chi connectivity index (χ1v) is 10.3. The average molecular weight is 443 g/mol. The lowest BCUT2D eigenvalue weighted by molar-refractivity contribution is -0.546. The molecule has 7 heteroatoms. The molecule has 0 bridgehead atoms. The normalized spacial score (nSPS) is 11.7. The van der Waals surface area contributed by atoms with Crippen molar-refractivity contribution < 1.29 is 14.6 Å². The summed E-state index contributed by atoms with van der Waals surface area (Å²) in [6.07, 6.45) is 1.82. The maximum Gasteiger partial charge on any atom is 0.288 e. The van der Waals surface area contributed by atoms with E-state index >= 15 is 0 Å². The van der Waals surface area contributed by atoms with Crippen LogP contribution in [0.15, 0.2) is 91.1 Å². The summed E-state index contributed by atoms with van der Waals surface area (Å²) in [5.74, 6) is -0.0913. The van der Waals surface area contributed by atoms with Crippen molar-refractivity contribution in [3.63, 3.8) is 0 Å². The molecule has 0 atom stereocenters. The van der Waals surface area contributed by atoms with E-state index < -0.39 is 4.92 Å². The topological polar surface area (TPSA) is 79.3 Å². The van der Waals surface area contributed by atoms with Gasteiger partial charge in [0.05, 0.1) is 4.92 Å². The molecular formula is C25H20N3O3S+. The van der Waals surface area contributed by atoms with Gasteiger partial charge in [0.2, 0.25) is 5.52 Å². The summed E-state index contributed by atoms with van der Waals surface area (Å²) in [5.41, 5.74) is 3.45. The van der Waals surface area contributed by atoms with Gasteiger partial charge in [-0.25, -0.2) is 0 Å². The van der Waals surface area contributed by atoms with Gasteiger partial charge < -0.3 is 10.4 Å². The molecule has 158 valence electrons. The molecule has 0 spiro atoms. The number of nitro groups is 1. The second kappa shape index (κ2) is 8.95. The van der Waals surface area contributed by atoms with Crippen LogP contribution in [0.3, 0.4) is 0 Å². The summed E-state index contributed by atoms with van der Waals surface area (Å²) in [6.45, 7) is 1.98. The second-order valence-electron chi connectivity index (χ2n) is 7.26. The van der Waals surface area contributed by atoms with Crippen LogP contribution in [0.4, 0.5) is 11.4 Å². The molecule has 0 unspecified atom stereocenters. The predicted molar refractivity (Wildman–Crippen MR) is 130 cm³/mol. The molecule has 0 saturated heterocycles. The molecule has 0 fully saturated rings. The number of anilines is 1. The number of aliphatic hydroxyl groups excluding tert-OH is 1. The Balaban J connectivity index is 1.88. The van der Waals surface area contributed by atoms with Gasteiger partial charge in [-0.2, -0.15) is 4.57 Å². The fourth-order valence-corrected chi connectivity index (χ4v) is 3.79. The minimum atomic E-state index is -0.477. The molecule has 1 aromatic heterocycles. The number of rotatable bonds is 5. The lowest BCUT2D eigenvalue weighted by Crippen LogP contribution is -2.39. The summed E-state index contributed by atoms with van der Waals surface area (Å²) in [5, 5.41) is 26.5. The number of benzene rings is 3. The molecule has 0 saturated carbocycles. The quantitative estimate of drug-likeness (QED) is 0.104. The van der Waals surface area contributed by atoms with Crippen LogP contribution in [-0.2, 0) is 0 Å². The first-order valence-electron chi connectivity index (χ1n) is 9.90. The maximum absolute atomic E-state index is 11.3. The number of fused-ring (bicyclic) bond motifs is 1. The van der Waals surface area contributed by atoms with E-state index in [1.54, 1.807) is 0 Å². The van der Waals surface area contributed by atoms with E-state index in [0.717, 1.165) is 22.2 Å². The van der Waals surface area contributed by atoms with Gasteiger partial charge in [-0.05, 0) is 48.9 Å². The minimum Gasteiger partial charge on any atom is -0.502 e. The highest BCUT2D eigenvalue weighted by Gasteiger charge is 2.26. The molecule has 1 heterocycles. The molecule has 0 aliphatic carbocycles. The van der Waals surface area contributed by atoms with E-state index in [0.29, 0.717) is 16.2 Å². The fourth-order valence-electron chi connectivity index (χ4n) is 3.48. The Morgan fingerprint density at radius 1 is 1.00 bits per heavy atom. The summed E-state index contributed by atoms with van der Waals surface area (Å²) in [4.78, 5) is 10.9. The highest BCUT2D eigenvalue weighted by Crippen LogP contribution is 2.23. The van der Waals surface area contributed by atoms with Crippen molar-refractivity contribution >= 4 is 50.9 Å². The first-order chi connectivity index (χ1) is 15.4. The minimum absolute atomic E-state index is 0.0543. The van der Waals surface area contributed by atoms with Gasteiger partial charge in [-0.3, -0.25) is 10.1 Å². The molecule has 4 rings (SSSR count). The zero-order valence-corrected chi connectivity index (χ0v) is 18.0. The van der Waals surface area contributed by atoms with Gasteiger partial charge >= 0.3 is 0 Å². The molecule has 2 N–H and O–H groups in total. The maximum atomic E-state index is 11.3. The lowest BCUT2D eigenvalue weighted by atomic mass is 10.1. The van der Waals surface area contributed by atoms with Crippen molar-refractivity contribution in [1.29, 1.82) is 0 Å². The van der Waals surface area contributed by atoms with Crippen molar-refractivity contribution in [2.24, 2.45) is 0 Å². The van der Waals surface area contributed by atoms with E-state index in [-0.39, 0.29) is 11.4 Å². The van der Waals surface area contributed by atoms with Gasteiger partial charge in [-0.15, -0.1) is 0 Å². The molecule has 4 aromatic rings. The number of hydrogen-bond donors (Lipinski definition) is 2. The Kier molecular flexibility index (Phi) is 5.91. The highest BCUT2D eigenvalue weighted by atomic mass is 32.1. The predicted octanol–water partition coefficient (Wildman–Crippen LogP) is 5.67. The van der Waals surface area contributed by atoms with Crippen molar-refractivity contribution in [2.45, 2.75) is 6.92 Å². The second-order valence-corrected chi connectivity index (χ2v) is 7.67. The van der Waals surface area contributed by atoms with Crippen LogP contribution in [0.5, 0.6) is 0 Å². The summed E-state index contributed by atoms with van der Waals surface area (Å²) < 4.78 is 1.82. The van der Waals surface area contributed by atoms with Crippen molar-refractivity contribution in [2.75, 3.05) is 5.32 Å². The van der Waals surface area contributed by atoms with Gasteiger partial charge in [0.1, 0.15) is 0 Å². The number of aromatic nitrogens is 1. The number of nitrogens with zero attached hydrogens (tertiary/aromatic N) is 2. The Hall–Kier alpha value is -4.10. The average Bonchev–Trinajstić information content (AvgIpc) is 2.79. The Morgan fingerprint density at radius 2 is 1.72 bits per heavy atom. The number of para-hydroxylation sites is 1. The molecular weight excluding hydrogens is 422 g/mol. The Labute approximate surface area is 190 Å². The van der Waals surface area contributed by atoms with Crippen LogP contribution in [0.25, 0.3) is 22.4 Å². The number of hydrogen-bond acceptors (Lipinski definition) is 4. The number of non-ortho nitro benzene ring substituents is 1. The van der Waals surface area contributed by atoms with Crippen LogP contribution in [0, 0.1) is 17.0 Å². The highest BCUT2D eigenvalue weighted by molar-refractivity contribution is 7.81. The third-order valence-electron chi connectivity index (χ3n) is 5.01. The van der Waals surface area contributed by atoms with E-state index in [2.05, 4.69) is 5.32 Å². The van der Waals surface area contributed by atoms with E-state index in [9.17, 15) is 15.2 Å². The summed E-state index contributed by atoms with van der Waals surface area (Å²) >= 11 is 5.73. The smallest absolute Gasteiger partial charge is 0.288 e. The van der Waals surface area contributed by atoms with Crippen LogP contribution in [0.2, 0.25) is 0 Å². The van der Waals surface area contributed by atoms with Gasteiger partial charge in [0, 0.05) is 40.9 Å². The van der Waals surface area contributed by atoms with E-state index in [1.807, 2.05) is 78.4 Å². The van der Waals surface area contributed by atoms with Crippen LogP contribution in [0.1, 0.15) is 11.1 Å². The van der Waals surface area contributed by atoms with Crippen LogP contribution >= 0.6 is 12.2 Å². The molecule has 3 aromatic carbocycles. The van der Waals surface area contributed by atoms with Crippen LogP contribution < -0.4 is 9.88 Å². The summed E-state index contributed by atoms with van der Waals surface area (Å²) in [7, 11) is 0. The number of thiocarbonyl (C=S) groups is 1. The fraction of sp³-hybridized carbons (Fsp3) is 0.0400. The number of aryl methyl sites for hydroxylation is 1. The zero-order valence-electron chi connectivity index (χ0n) is 17.2. The van der Waals surface area contributed by atoms with Gasteiger partial charge in [0.15, 0.2) is 16.9 Å². The van der Waals surface area contributed by atoms with E-state index in [1.165, 1.54) is 24.3 Å². The number of pyridine rings is 1. The van der Waals surface area contributed by atoms with E-state index in [4.69, 9.17) is 12.2 Å². The third kappa shape index (κ3) is 4.33. The number of nitrogens with one attached hydrogen (secondary N) is 1. The Morgan fingerprint density at radius 3 is 2.44 bits per heavy atom. The number of aliphatic hydroxyl groups is 1. The standard InChI is InChI=1S/C25H19N3O3S/c1-17-6-4-9-20(16-17)26-25(32)23(24(29)19-11-13-21(14-12-19)28(30)31)27-15-5-8-18-7-2-3-10-22(18)27/h2-16H,1H3,(H-,26,29,32)/p+1. The molecule has 0 aliphatic rings. The van der Waals surface area contributed by atoms with Crippen molar-refractivity contribution in [1.82, 2.24) is 0 Å². The molecule has 6 nitrogen and oxygen atoms in total. The molecule has 32 heavy (non-hydrogen) atoms. The SMILES string of the molecule is Cc1cccc(NC(=S)C(=C(O)c2ccc([N+](=O)[O-])cc2)[n+]2cccc3ccccc32)c1. The first kappa shape index (κ1) is 21.1. The zero-order chi connectivity index (χ0) is 22.7. The third-order valence-corrected chi connectivity index (χ3v) is 5.31.